The van der Waals surface area contributed by atoms with Crippen LogP contribution in [0.25, 0.3) is 0 Å². The maximum Gasteiger partial charge on any atom is 0.321 e. The van der Waals surface area contributed by atoms with Crippen LogP contribution < -0.4 is 14.8 Å². The van der Waals surface area contributed by atoms with Crippen LogP contribution in [-0.2, 0) is 24.3 Å². The van der Waals surface area contributed by atoms with Gasteiger partial charge < -0.3 is 14.8 Å². The molecule has 9 heteroatoms. The first kappa shape index (κ1) is 20.4. The number of carbonyl (C=O) groups excluding carboxylic acids is 2. The molecule has 0 heterocycles. The molecular weight excluding hydrogens is 372 g/mol. The number of amides is 1. The topological polar surface area (TPSA) is 111 Å². The predicted octanol–water partition coefficient (Wildman–Crippen LogP) is 1.55. The van der Waals surface area contributed by atoms with Gasteiger partial charge in [0.05, 0.1) is 11.5 Å². The monoisotopic (exact) mass is 392 g/mol. The smallest absolute Gasteiger partial charge is 0.321 e. The average molecular weight is 392 g/mol. The molecule has 0 aromatic heterocycles. The van der Waals surface area contributed by atoms with Crippen molar-refractivity contribution in [1.82, 2.24) is 4.72 Å². The predicted molar refractivity (Wildman–Crippen MR) is 98.8 cm³/mol. The summed E-state index contributed by atoms with van der Waals surface area (Å²) in [5.41, 5.74) is 0.565. The minimum Gasteiger partial charge on any atom is -0.494 e. The van der Waals surface area contributed by atoms with Crippen LogP contribution in [0, 0.1) is 0 Å². The van der Waals surface area contributed by atoms with Crippen molar-refractivity contribution >= 4 is 27.6 Å². The summed E-state index contributed by atoms with van der Waals surface area (Å²) >= 11 is 0. The van der Waals surface area contributed by atoms with Crippen molar-refractivity contribution in [3.05, 3.63) is 54.6 Å². The molecule has 0 aliphatic rings. The third kappa shape index (κ3) is 6.72. The Morgan fingerprint density at radius 3 is 2.30 bits per heavy atom. The van der Waals surface area contributed by atoms with E-state index in [2.05, 4.69) is 10.0 Å². The lowest BCUT2D eigenvalue weighted by molar-refractivity contribution is -0.146. The number of hydrogen-bond acceptors (Lipinski definition) is 6. The molecule has 0 bridgehead atoms. The summed E-state index contributed by atoms with van der Waals surface area (Å²) < 4.78 is 36.4. The van der Waals surface area contributed by atoms with E-state index in [1.165, 1.54) is 24.3 Å². The van der Waals surface area contributed by atoms with Gasteiger partial charge in [-0.05, 0) is 43.3 Å². The molecule has 144 valence electrons. The Morgan fingerprint density at radius 1 is 1.00 bits per heavy atom. The number of carbonyl (C=O) groups is 2. The number of rotatable bonds is 9. The molecule has 0 fully saturated rings. The molecule has 2 rings (SSSR count). The standard InChI is InChI=1S/C18H20N2O6S/c1-2-25-15-8-10-16(11-9-15)27(23,24)19-12-18(22)26-13-17(21)20-14-6-4-3-5-7-14/h3-11,19H,2,12-13H2,1H3,(H,20,21). The zero-order valence-corrected chi connectivity index (χ0v) is 15.5. The summed E-state index contributed by atoms with van der Waals surface area (Å²) in [4.78, 5) is 23.3. The Labute approximate surface area is 157 Å². The molecule has 0 saturated heterocycles. The lowest BCUT2D eigenvalue weighted by Gasteiger charge is -2.09. The molecule has 0 saturated carbocycles. The molecule has 8 nitrogen and oxygen atoms in total. The first-order chi connectivity index (χ1) is 12.9. The zero-order valence-electron chi connectivity index (χ0n) is 14.7. The fraction of sp³-hybridized carbons (Fsp3) is 0.222. The lowest BCUT2D eigenvalue weighted by atomic mass is 10.3. The lowest BCUT2D eigenvalue weighted by Crippen LogP contribution is -2.32. The van der Waals surface area contributed by atoms with E-state index >= 15 is 0 Å². The summed E-state index contributed by atoms with van der Waals surface area (Å²) in [5.74, 6) is -0.850. The van der Waals surface area contributed by atoms with Gasteiger partial charge >= 0.3 is 5.97 Å². The van der Waals surface area contributed by atoms with Crippen LogP contribution in [0.5, 0.6) is 5.75 Å². The summed E-state index contributed by atoms with van der Waals surface area (Å²) in [6, 6.07) is 14.4. The van der Waals surface area contributed by atoms with E-state index in [4.69, 9.17) is 9.47 Å². The normalized spacial score (nSPS) is 10.9. The second kappa shape index (κ2) is 9.70. The van der Waals surface area contributed by atoms with E-state index in [0.29, 0.717) is 18.0 Å². The number of ether oxygens (including phenoxy) is 2. The zero-order chi connectivity index (χ0) is 19.7. The van der Waals surface area contributed by atoms with Crippen molar-refractivity contribution in [1.29, 1.82) is 0 Å². The van der Waals surface area contributed by atoms with E-state index in [0.717, 1.165) is 0 Å². The minimum absolute atomic E-state index is 0.0134. The number of benzene rings is 2. The molecular formula is C18H20N2O6S. The van der Waals surface area contributed by atoms with Crippen molar-refractivity contribution in [2.75, 3.05) is 25.1 Å². The van der Waals surface area contributed by atoms with E-state index in [1.54, 1.807) is 30.3 Å². The number of hydrogen-bond donors (Lipinski definition) is 2. The third-order valence-corrected chi connectivity index (χ3v) is 4.69. The van der Waals surface area contributed by atoms with Crippen LogP contribution in [0.4, 0.5) is 5.69 Å². The molecule has 1 amide bonds. The molecule has 27 heavy (non-hydrogen) atoms. The van der Waals surface area contributed by atoms with Gasteiger partial charge in [-0.3, -0.25) is 9.59 Å². The Balaban J connectivity index is 1.79. The quantitative estimate of drug-likeness (QED) is 0.627. The highest BCUT2D eigenvalue weighted by atomic mass is 32.2. The van der Waals surface area contributed by atoms with Crippen LogP contribution in [0.1, 0.15) is 6.92 Å². The maximum absolute atomic E-state index is 12.1. The number of nitrogens with one attached hydrogen (secondary N) is 2. The fourth-order valence-electron chi connectivity index (χ4n) is 2.03. The van der Waals surface area contributed by atoms with Crippen molar-refractivity contribution in [3.63, 3.8) is 0 Å². The Hall–Kier alpha value is -2.91. The van der Waals surface area contributed by atoms with Gasteiger partial charge in [0.1, 0.15) is 12.3 Å². The Kier molecular flexibility index (Phi) is 7.33. The summed E-state index contributed by atoms with van der Waals surface area (Å²) in [6.45, 7) is 1.18. The Morgan fingerprint density at radius 2 is 1.67 bits per heavy atom. The molecule has 0 radical (unpaired) electrons. The van der Waals surface area contributed by atoms with Gasteiger partial charge in [-0.1, -0.05) is 18.2 Å². The van der Waals surface area contributed by atoms with Crippen LogP contribution in [0.2, 0.25) is 0 Å². The molecule has 2 aromatic rings. The molecule has 0 atom stereocenters. The highest BCUT2D eigenvalue weighted by molar-refractivity contribution is 7.89. The van der Waals surface area contributed by atoms with Crippen LogP contribution in [0.3, 0.4) is 0 Å². The van der Waals surface area contributed by atoms with Crippen molar-refractivity contribution in [3.8, 4) is 5.75 Å². The van der Waals surface area contributed by atoms with Gasteiger partial charge in [-0.15, -0.1) is 0 Å². The molecule has 0 aliphatic carbocycles. The highest BCUT2D eigenvalue weighted by Crippen LogP contribution is 2.15. The number of esters is 1. The van der Waals surface area contributed by atoms with E-state index in [9.17, 15) is 18.0 Å². The number of sulfonamides is 1. The first-order valence-corrected chi connectivity index (χ1v) is 9.62. The van der Waals surface area contributed by atoms with E-state index < -0.39 is 35.1 Å². The second-order valence-electron chi connectivity index (χ2n) is 5.30. The number of para-hydroxylation sites is 1. The summed E-state index contributed by atoms with van der Waals surface area (Å²) in [7, 11) is -3.88. The number of anilines is 1. The minimum atomic E-state index is -3.88. The summed E-state index contributed by atoms with van der Waals surface area (Å²) in [5, 5.41) is 2.54. The molecule has 0 unspecified atom stereocenters. The largest absolute Gasteiger partial charge is 0.494 e. The molecule has 0 spiro atoms. The van der Waals surface area contributed by atoms with Gasteiger partial charge in [0.15, 0.2) is 6.61 Å². The van der Waals surface area contributed by atoms with Crippen LogP contribution in [0.15, 0.2) is 59.5 Å². The van der Waals surface area contributed by atoms with Crippen molar-refractivity contribution < 1.29 is 27.5 Å². The van der Waals surface area contributed by atoms with Crippen molar-refractivity contribution in [2.45, 2.75) is 11.8 Å². The van der Waals surface area contributed by atoms with Gasteiger partial charge in [0, 0.05) is 5.69 Å². The Bertz CT molecular complexity index is 866. The maximum atomic E-state index is 12.1. The summed E-state index contributed by atoms with van der Waals surface area (Å²) in [6.07, 6.45) is 0. The molecule has 2 N–H and O–H groups in total. The van der Waals surface area contributed by atoms with Gasteiger partial charge in [-0.25, -0.2) is 8.42 Å². The fourth-order valence-corrected chi connectivity index (χ4v) is 3.00. The second-order valence-corrected chi connectivity index (χ2v) is 7.07. The third-order valence-electron chi connectivity index (χ3n) is 3.27. The molecule has 0 aliphatic heterocycles. The van der Waals surface area contributed by atoms with Crippen LogP contribution in [-0.4, -0.2) is 40.1 Å². The highest BCUT2D eigenvalue weighted by Gasteiger charge is 2.17. The van der Waals surface area contributed by atoms with Gasteiger partial charge in [-0.2, -0.15) is 4.72 Å². The SMILES string of the molecule is CCOc1ccc(S(=O)(=O)NCC(=O)OCC(=O)Nc2ccccc2)cc1. The first-order valence-electron chi connectivity index (χ1n) is 8.14. The van der Waals surface area contributed by atoms with Crippen molar-refractivity contribution in [2.24, 2.45) is 0 Å². The average Bonchev–Trinajstić information content (AvgIpc) is 2.66. The molecule has 2 aromatic carbocycles. The van der Waals surface area contributed by atoms with Gasteiger partial charge in [0.2, 0.25) is 10.0 Å². The van der Waals surface area contributed by atoms with E-state index in [-0.39, 0.29) is 4.90 Å². The van der Waals surface area contributed by atoms with E-state index in [1.807, 2.05) is 6.92 Å². The van der Waals surface area contributed by atoms with Gasteiger partial charge in [0.25, 0.3) is 5.91 Å². The van der Waals surface area contributed by atoms with Crippen LogP contribution >= 0.6 is 0 Å².